The van der Waals surface area contributed by atoms with E-state index in [-0.39, 0.29) is 0 Å². The molecular formula is C10H14IN3O2. The molecule has 88 valence electrons. The first kappa shape index (κ1) is 13.0. The second kappa shape index (κ2) is 4.86. The summed E-state index contributed by atoms with van der Waals surface area (Å²) < 4.78 is 5.82. The maximum Gasteiger partial charge on any atom is 0.412 e. The molecule has 1 aromatic heterocycles. The van der Waals surface area contributed by atoms with Crippen LogP contribution in [0.5, 0.6) is 0 Å². The number of aromatic nitrogens is 1. The Bertz CT molecular complexity index is 402. The molecule has 1 aromatic rings. The van der Waals surface area contributed by atoms with Crippen LogP contribution >= 0.6 is 22.6 Å². The minimum Gasteiger partial charge on any atom is -0.444 e. The summed E-state index contributed by atoms with van der Waals surface area (Å²) in [7, 11) is 0. The number of amides is 1. The van der Waals surface area contributed by atoms with Crippen molar-refractivity contribution in [3.05, 3.63) is 15.8 Å². The highest BCUT2D eigenvalue weighted by molar-refractivity contribution is 14.1. The minimum atomic E-state index is -0.520. The lowest BCUT2D eigenvalue weighted by molar-refractivity contribution is 0.0636. The van der Waals surface area contributed by atoms with Crippen LogP contribution in [0.3, 0.4) is 0 Å². The fourth-order valence-corrected chi connectivity index (χ4v) is 1.42. The van der Waals surface area contributed by atoms with Crippen molar-refractivity contribution in [3.63, 3.8) is 0 Å². The van der Waals surface area contributed by atoms with Crippen LogP contribution in [0.15, 0.2) is 12.3 Å². The van der Waals surface area contributed by atoms with Crippen molar-refractivity contribution < 1.29 is 9.53 Å². The summed E-state index contributed by atoms with van der Waals surface area (Å²) in [5, 5.41) is 2.62. The molecule has 0 saturated carbocycles. The lowest BCUT2D eigenvalue weighted by Crippen LogP contribution is -2.27. The van der Waals surface area contributed by atoms with Crippen molar-refractivity contribution in [1.82, 2.24) is 4.98 Å². The monoisotopic (exact) mass is 335 g/mol. The number of pyridine rings is 1. The van der Waals surface area contributed by atoms with Crippen molar-refractivity contribution in [2.24, 2.45) is 0 Å². The normalized spacial score (nSPS) is 11.0. The molecule has 1 heterocycles. The Morgan fingerprint density at radius 1 is 1.56 bits per heavy atom. The molecule has 0 aliphatic rings. The predicted octanol–water partition coefficient (Wildman–Crippen LogP) is 2.62. The van der Waals surface area contributed by atoms with Gasteiger partial charge in [0.15, 0.2) is 0 Å². The fourth-order valence-electron chi connectivity index (χ4n) is 0.970. The summed E-state index contributed by atoms with van der Waals surface area (Å²) in [6.07, 6.45) is 1.03. The van der Waals surface area contributed by atoms with Gasteiger partial charge in [-0.1, -0.05) is 0 Å². The Hall–Kier alpha value is -1.05. The van der Waals surface area contributed by atoms with Gasteiger partial charge in [0.2, 0.25) is 0 Å². The van der Waals surface area contributed by atoms with E-state index >= 15 is 0 Å². The average molecular weight is 335 g/mol. The second-order valence-corrected chi connectivity index (χ2v) is 5.26. The van der Waals surface area contributed by atoms with Crippen LogP contribution in [0.25, 0.3) is 0 Å². The maximum atomic E-state index is 11.5. The smallest absolute Gasteiger partial charge is 0.412 e. The Morgan fingerprint density at radius 2 is 2.19 bits per heavy atom. The fraction of sp³-hybridized carbons (Fsp3) is 0.400. The highest BCUT2D eigenvalue weighted by Crippen LogP contribution is 2.22. The number of nitrogens with zero attached hydrogens (tertiary/aromatic N) is 1. The molecule has 0 unspecified atom stereocenters. The van der Waals surface area contributed by atoms with E-state index in [4.69, 9.17) is 10.5 Å². The summed E-state index contributed by atoms with van der Waals surface area (Å²) in [5.41, 5.74) is 5.69. The van der Waals surface area contributed by atoms with E-state index < -0.39 is 11.7 Å². The zero-order chi connectivity index (χ0) is 12.3. The third-order valence-corrected chi connectivity index (χ3v) is 2.69. The van der Waals surface area contributed by atoms with Gasteiger partial charge in [0.1, 0.15) is 11.4 Å². The van der Waals surface area contributed by atoms with E-state index in [2.05, 4.69) is 10.3 Å². The summed E-state index contributed by atoms with van der Waals surface area (Å²) in [6.45, 7) is 5.41. The van der Waals surface area contributed by atoms with Crippen LogP contribution in [0, 0.1) is 3.57 Å². The second-order valence-electron chi connectivity index (χ2n) is 4.18. The van der Waals surface area contributed by atoms with E-state index in [1.807, 2.05) is 22.6 Å². The van der Waals surface area contributed by atoms with Crippen LogP contribution in [-0.2, 0) is 4.74 Å². The van der Waals surface area contributed by atoms with Crippen molar-refractivity contribution in [1.29, 1.82) is 0 Å². The topological polar surface area (TPSA) is 77.2 Å². The molecule has 0 aromatic carbocycles. The molecule has 3 N–H and O–H groups in total. The van der Waals surface area contributed by atoms with Crippen LogP contribution in [0.1, 0.15) is 20.8 Å². The zero-order valence-corrected chi connectivity index (χ0v) is 11.5. The van der Waals surface area contributed by atoms with Gasteiger partial charge in [-0.15, -0.1) is 0 Å². The van der Waals surface area contributed by atoms with Crippen LogP contribution in [-0.4, -0.2) is 16.7 Å². The number of carbonyl (C=O) groups is 1. The van der Waals surface area contributed by atoms with E-state index in [0.717, 1.165) is 0 Å². The van der Waals surface area contributed by atoms with E-state index in [1.165, 1.54) is 6.20 Å². The molecule has 1 rings (SSSR count). The molecule has 0 fully saturated rings. The number of nitrogens with two attached hydrogens (primary N) is 1. The van der Waals surface area contributed by atoms with Crippen molar-refractivity contribution >= 4 is 40.2 Å². The first-order valence-corrected chi connectivity index (χ1v) is 5.77. The SMILES string of the molecule is CC(C)(C)OC(=O)Nc1ccnc(N)c1I. The van der Waals surface area contributed by atoms with Crippen LogP contribution < -0.4 is 11.1 Å². The molecule has 0 saturated heterocycles. The van der Waals surface area contributed by atoms with Gasteiger partial charge in [0, 0.05) is 6.20 Å². The van der Waals surface area contributed by atoms with E-state index in [1.54, 1.807) is 26.8 Å². The number of halogens is 1. The number of anilines is 2. The standard InChI is InChI=1S/C10H14IN3O2/c1-10(2,3)16-9(15)14-6-4-5-13-8(12)7(6)11/h4-5H,1-3H3,(H3,12,13,14,15). The number of nitrogens with one attached hydrogen (secondary N) is 1. The van der Waals surface area contributed by atoms with Crippen LogP contribution in [0.2, 0.25) is 0 Å². The Labute approximate surface area is 108 Å². The third-order valence-electron chi connectivity index (χ3n) is 1.55. The number of carbonyl (C=O) groups excluding carboxylic acids is 1. The van der Waals surface area contributed by atoms with Gasteiger partial charge in [0.25, 0.3) is 0 Å². The number of nitrogen functional groups attached to an aromatic ring is 1. The summed E-state index contributed by atoms with van der Waals surface area (Å²) >= 11 is 2.02. The molecule has 0 atom stereocenters. The van der Waals surface area contributed by atoms with E-state index in [9.17, 15) is 4.79 Å². The number of rotatable bonds is 1. The van der Waals surface area contributed by atoms with Crippen molar-refractivity contribution in [2.75, 3.05) is 11.1 Å². The molecule has 0 bridgehead atoms. The minimum absolute atomic E-state index is 0.383. The molecule has 0 spiro atoms. The number of hydrogen-bond donors (Lipinski definition) is 2. The average Bonchev–Trinajstić information content (AvgIpc) is 2.09. The van der Waals surface area contributed by atoms with Gasteiger partial charge in [0.05, 0.1) is 9.26 Å². The maximum absolute atomic E-state index is 11.5. The first-order chi connectivity index (χ1) is 7.29. The number of ether oxygens (including phenoxy) is 1. The highest BCUT2D eigenvalue weighted by Gasteiger charge is 2.17. The summed E-state index contributed by atoms with van der Waals surface area (Å²) in [5.74, 6) is 0.383. The molecule has 16 heavy (non-hydrogen) atoms. The van der Waals surface area contributed by atoms with Gasteiger partial charge in [-0.25, -0.2) is 9.78 Å². The largest absolute Gasteiger partial charge is 0.444 e. The Kier molecular flexibility index (Phi) is 3.95. The van der Waals surface area contributed by atoms with Gasteiger partial charge in [-0.2, -0.15) is 0 Å². The zero-order valence-electron chi connectivity index (χ0n) is 9.37. The summed E-state index contributed by atoms with van der Waals surface area (Å²) in [6, 6.07) is 1.67. The first-order valence-electron chi connectivity index (χ1n) is 4.69. The molecule has 1 amide bonds. The molecule has 6 heteroatoms. The van der Waals surface area contributed by atoms with Crippen LogP contribution in [0.4, 0.5) is 16.3 Å². The number of hydrogen-bond acceptors (Lipinski definition) is 4. The Balaban J connectivity index is 2.74. The molecule has 0 aliphatic carbocycles. The molecule has 0 radical (unpaired) electrons. The van der Waals surface area contributed by atoms with Gasteiger partial charge >= 0.3 is 6.09 Å². The molecule has 5 nitrogen and oxygen atoms in total. The molecule has 0 aliphatic heterocycles. The highest BCUT2D eigenvalue weighted by atomic mass is 127. The van der Waals surface area contributed by atoms with Crippen molar-refractivity contribution in [2.45, 2.75) is 26.4 Å². The van der Waals surface area contributed by atoms with Crippen molar-refractivity contribution in [3.8, 4) is 0 Å². The summed E-state index contributed by atoms with van der Waals surface area (Å²) in [4.78, 5) is 15.4. The van der Waals surface area contributed by atoms with Gasteiger partial charge in [-0.3, -0.25) is 5.32 Å². The predicted molar refractivity (Wildman–Crippen MR) is 71.2 cm³/mol. The van der Waals surface area contributed by atoms with E-state index in [0.29, 0.717) is 15.1 Å². The van der Waals surface area contributed by atoms with Gasteiger partial charge in [-0.05, 0) is 49.4 Å². The lowest BCUT2D eigenvalue weighted by Gasteiger charge is -2.20. The molecular weight excluding hydrogens is 321 g/mol. The Morgan fingerprint density at radius 3 is 2.75 bits per heavy atom. The lowest BCUT2D eigenvalue weighted by atomic mass is 10.2. The third kappa shape index (κ3) is 3.84. The quantitative estimate of drug-likeness (QED) is 0.774. The van der Waals surface area contributed by atoms with Gasteiger partial charge < -0.3 is 10.5 Å².